The Kier molecular flexibility index (Phi) is 5.62. The normalized spacial score (nSPS) is 29.4. The Bertz CT molecular complexity index is 170. The topological polar surface area (TPSA) is 32.3 Å². The predicted octanol–water partition coefficient (Wildman–Crippen LogP) is 2.42. The van der Waals surface area contributed by atoms with Crippen LogP contribution in [0.3, 0.4) is 0 Å². The smallest absolute Gasteiger partial charge is 0.0468 e. The molecule has 2 nitrogen and oxygen atoms in total. The highest BCUT2D eigenvalue weighted by Crippen LogP contribution is 2.30. The van der Waals surface area contributed by atoms with Crippen molar-refractivity contribution in [2.75, 3.05) is 13.2 Å². The molecule has 2 N–H and O–H groups in total. The molecule has 1 saturated carbocycles. The van der Waals surface area contributed by atoms with E-state index in [1.165, 1.54) is 25.7 Å². The fourth-order valence-corrected chi connectivity index (χ4v) is 2.63. The zero-order valence-electron chi connectivity index (χ0n) is 10.5. The van der Waals surface area contributed by atoms with Crippen molar-refractivity contribution < 1.29 is 5.11 Å². The van der Waals surface area contributed by atoms with Crippen LogP contribution in [0.5, 0.6) is 0 Å². The highest BCUT2D eigenvalue weighted by Gasteiger charge is 2.27. The largest absolute Gasteiger partial charge is 0.396 e. The minimum Gasteiger partial charge on any atom is -0.396 e. The third kappa shape index (κ3) is 4.12. The molecule has 0 aromatic heterocycles. The van der Waals surface area contributed by atoms with Crippen molar-refractivity contribution in [1.82, 2.24) is 5.32 Å². The van der Waals surface area contributed by atoms with Crippen molar-refractivity contribution in [3.63, 3.8) is 0 Å². The zero-order valence-corrected chi connectivity index (χ0v) is 10.5. The Morgan fingerprint density at radius 2 is 1.87 bits per heavy atom. The van der Waals surface area contributed by atoms with E-state index in [-0.39, 0.29) is 0 Å². The van der Waals surface area contributed by atoms with Crippen molar-refractivity contribution in [3.8, 4) is 0 Å². The van der Waals surface area contributed by atoms with Crippen LogP contribution >= 0.6 is 0 Å². The molecule has 2 heteroatoms. The molecule has 1 aliphatic carbocycles. The highest BCUT2D eigenvalue weighted by molar-refractivity contribution is 4.83. The summed E-state index contributed by atoms with van der Waals surface area (Å²) in [6.45, 7) is 8.02. The Balaban J connectivity index is 2.36. The van der Waals surface area contributed by atoms with E-state index >= 15 is 0 Å². The summed E-state index contributed by atoms with van der Waals surface area (Å²) in [5.74, 6) is 2.01. The fraction of sp³-hybridized carbons (Fsp3) is 1.00. The van der Waals surface area contributed by atoms with Gasteiger partial charge in [0.2, 0.25) is 0 Å². The third-order valence-corrected chi connectivity index (χ3v) is 3.72. The lowest BCUT2D eigenvalue weighted by molar-refractivity contribution is 0.183. The maximum Gasteiger partial charge on any atom is 0.0468 e. The molecule has 0 heterocycles. The van der Waals surface area contributed by atoms with Crippen molar-refractivity contribution in [1.29, 1.82) is 0 Å². The second kappa shape index (κ2) is 6.49. The minimum absolute atomic E-state index is 0.298. The van der Waals surface area contributed by atoms with Gasteiger partial charge in [-0.3, -0.25) is 0 Å². The van der Waals surface area contributed by atoms with Crippen molar-refractivity contribution in [3.05, 3.63) is 0 Å². The van der Waals surface area contributed by atoms with Crippen LogP contribution in [0.2, 0.25) is 0 Å². The molecular formula is C13H27NO. The van der Waals surface area contributed by atoms with Gasteiger partial charge in [0.1, 0.15) is 0 Å². The molecule has 0 aliphatic heterocycles. The van der Waals surface area contributed by atoms with Gasteiger partial charge in [-0.05, 0) is 30.6 Å². The number of aliphatic hydroxyl groups is 1. The van der Waals surface area contributed by atoms with Crippen molar-refractivity contribution in [2.45, 2.75) is 52.5 Å². The van der Waals surface area contributed by atoms with Crippen LogP contribution in [-0.2, 0) is 0 Å². The number of aliphatic hydroxyl groups excluding tert-OH is 1. The second-order valence-electron chi connectivity index (χ2n) is 5.49. The first-order valence-corrected chi connectivity index (χ1v) is 6.49. The van der Waals surface area contributed by atoms with Gasteiger partial charge < -0.3 is 10.4 Å². The summed E-state index contributed by atoms with van der Waals surface area (Å²) in [6, 6.07) is 0.688. The summed E-state index contributed by atoms with van der Waals surface area (Å²) in [6.07, 6.45) is 5.47. The molecule has 0 bridgehead atoms. The van der Waals surface area contributed by atoms with Gasteiger partial charge in [-0.25, -0.2) is 0 Å². The van der Waals surface area contributed by atoms with Gasteiger partial charge in [0.15, 0.2) is 0 Å². The van der Waals surface area contributed by atoms with E-state index in [9.17, 15) is 0 Å². The first kappa shape index (κ1) is 13.0. The number of rotatable bonds is 5. The van der Waals surface area contributed by atoms with Crippen LogP contribution in [-0.4, -0.2) is 24.3 Å². The van der Waals surface area contributed by atoms with E-state index in [4.69, 9.17) is 5.11 Å². The third-order valence-electron chi connectivity index (χ3n) is 3.72. The van der Waals surface area contributed by atoms with Gasteiger partial charge in [-0.1, -0.05) is 33.6 Å². The number of hydrogen-bond donors (Lipinski definition) is 2. The summed E-state index contributed by atoms with van der Waals surface area (Å²) >= 11 is 0. The molecule has 1 fully saturated rings. The minimum atomic E-state index is 0.298. The highest BCUT2D eigenvalue weighted by atomic mass is 16.3. The number of nitrogens with one attached hydrogen (secondary N) is 1. The zero-order chi connectivity index (χ0) is 11.3. The second-order valence-corrected chi connectivity index (χ2v) is 5.49. The molecule has 3 atom stereocenters. The average Bonchev–Trinajstić information content (AvgIpc) is 2.26. The SMILES string of the molecule is CC(CO)CNC1CCCCC1C(C)C. The molecule has 3 unspecified atom stereocenters. The fourth-order valence-electron chi connectivity index (χ4n) is 2.63. The monoisotopic (exact) mass is 213 g/mol. The first-order chi connectivity index (χ1) is 7.15. The average molecular weight is 213 g/mol. The standard InChI is InChI=1S/C13H27NO/c1-10(2)12-6-4-5-7-13(12)14-8-11(3)9-15/h10-15H,4-9H2,1-3H3. The van der Waals surface area contributed by atoms with Crippen LogP contribution in [0, 0.1) is 17.8 Å². The van der Waals surface area contributed by atoms with E-state index in [2.05, 4.69) is 26.1 Å². The lowest BCUT2D eigenvalue weighted by Crippen LogP contribution is -2.42. The van der Waals surface area contributed by atoms with Crippen molar-refractivity contribution >= 4 is 0 Å². The van der Waals surface area contributed by atoms with E-state index < -0.39 is 0 Å². The Morgan fingerprint density at radius 1 is 1.20 bits per heavy atom. The summed E-state index contributed by atoms with van der Waals surface area (Å²) < 4.78 is 0. The molecule has 0 saturated heterocycles. The van der Waals surface area contributed by atoms with E-state index in [0.29, 0.717) is 18.6 Å². The van der Waals surface area contributed by atoms with Gasteiger partial charge >= 0.3 is 0 Å². The molecule has 0 amide bonds. The molecular weight excluding hydrogens is 186 g/mol. The van der Waals surface area contributed by atoms with Crippen LogP contribution in [0.4, 0.5) is 0 Å². The van der Waals surface area contributed by atoms with Gasteiger partial charge in [0, 0.05) is 19.2 Å². The van der Waals surface area contributed by atoms with Crippen LogP contribution in [0.15, 0.2) is 0 Å². The van der Waals surface area contributed by atoms with Gasteiger partial charge in [0.25, 0.3) is 0 Å². The first-order valence-electron chi connectivity index (χ1n) is 6.49. The van der Waals surface area contributed by atoms with Crippen LogP contribution in [0.1, 0.15) is 46.5 Å². The van der Waals surface area contributed by atoms with E-state index in [1.807, 2.05) is 0 Å². The summed E-state index contributed by atoms with van der Waals surface area (Å²) in [5.41, 5.74) is 0. The van der Waals surface area contributed by atoms with Crippen molar-refractivity contribution in [2.24, 2.45) is 17.8 Å². The molecule has 0 aromatic rings. The molecule has 15 heavy (non-hydrogen) atoms. The lowest BCUT2D eigenvalue weighted by Gasteiger charge is -2.35. The van der Waals surface area contributed by atoms with E-state index in [0.717, 1.165) is 18.4 Å². The van der Waals surface area contributed by atoms with Crippen LogP contribution in [0.25, 0.3) is 0 Å². The number of hydrogen-bond acceptors (Lipinski definition) is 2. The van der Waals surface area contributed by atoms with Crippen LogP contribution < -0.4 is 5.32 Å². The Morgan fingerprint density at radius 3 is 2.47 bits per heavy atom. The molecule has 0 spiro atoms. The molecule has 0 aromatic carbocycles. The quantitative estimate of drug-likeness (QED) is 0.735. The molecule has 90 valence electrons. The maximum atomic E-state index is 9.00. The summed E-state index contributed by atoms with van der Waals surface area (Å²) in [5, 5.41) is 12.6. The Hall–Kier alpha value is -0.0800. The maximum absolute atomic E-state index is 9.00. The van der Waals surface area contributed by atoms with Gasteiger partial charge in [0.05, 0.1) is 0 Å². The molecule has 1 rings (SSSR count). The van der Waals surface area contributed by atoms with Gasteiger partial charge in [-0.15, -0.1) is 0 Å². The van der Waals surface area contributed by atoms with E-state index in [1.54, 1.807) is 0 Å². The lowest BCUT2D eigenvalue weighted by atomic mass is 9.78. The summed E-state index contributed by atoms with van der Waals surface area (Å²) in [4.78, 5) is 0. The molecule has 0 radical (unpaired) electrons. The predicted molar refractivity (Wildman–Crippen MR) is 64.8 cm³/mol. The molecule has 1 aliphatic rings. The van der Waals surface area contributed by atoms with Gasteiger partial charge in [-0.2, -0.15) is 0 Å². The summed E-state index contributed by atoms with van der Waals surface area (Å²) in [7, 11) is 0. The Labute approximate surface area is 94.5 Å².